The first-order chi connectivity index (χ1) is 10.2. The molecule has 0 radical (unpaired) electrons. The molecule has 0 aliphatic carbocycles. The van der Waals surface area contributed by atoms with Crippen LogP contribution in [-0.2, 0) is 17.6 Å². The molecular weight excluding hydrogens is 280 g/mol. The van der Waals surface area contributed by atoms with Crippen LogP contribution in [0.5, 0.6) is 0 Å². The number of nitrogens with zero attached hydrogens (tertiary/aromatic N) is 1. The Balaban J connectivity index is 1.84. The van der Waals surface area contributed by atoms with Crippen LogP contribution < -0.4 is 5.32 Å². The topological polar surface area (TPSA) is 34.2 Å². The third-order valence-electron chi connectivity index (χ3n) is 4.23. The zero-order valence-electron chi connectivity index (χ0n) is 12.8. The first-order valence-electron chi connectivity index (χ1n) is 7.48. The van der Waals surface area contributed by atoms with E-state index in [1.54, 1.807) is 11.3 Å². The summed E-state index contributed by atoms with van der Waals surface area (Å²) in [4.78, 5) is 5.98. The summed E-state index contributed by atoms with van der Waals surface area (Å²) in [5.41, 5.74) is 3.89. The second kappa shape index (κ2) is 6.26. The largest absolute Gasteiger partial charge is 0.372 e. The van der Waals surface area contributed by atoms with Gasteiger partial charge in [0.25, 0.3) is 0 Å². The summed E-state index contributed by atoms with van der Waals surface area (Å²) < 4.78 is 6.08. The molecule has 0 fully saturated rings. The third-order valence-corrected chi connectivity index (χ3v) is 5.33. The third kappa shape index (κ3) is 3.03. The van der Waals surface area contributed by atoms with Crippen molar-refractivity contribution < 1.29 is 4.74 Å². The van der Waals surface area contributed by atoms with E-state index in [1.165, 1.54) is 21.0 Å². The molecule has 2 unspecified atom stereocenters. The molecule has 2 atom stereocenters. The number of likely N-dealkylation sites (N-methyl/N-ethyl adjacent to an activating group) is 1. The number of fused-ring (bicyclic) bond motifs is 1. The molecule has 0 saturated heterocycles. The van der Waals surface area contributed by atoms with Crippen molar-refractivity contribution in [3.63, 3.8) is 0 Å². The van der Waals surface area contributed by atoms with E-state index >= 15 is 0 Å². The molecule has 21 heavy (non-hydrogen) atoms. The number of rotatable bonds is 4. The summed E-state index contributed by atoms with van der Waals surface area (Å²) in [7, 11) is 2.01. The van der Waals surface area contributed by atoms with Crippen molar-refractivity contribution in [1.29, 1.82) is 0 Å². The van der Waals surface area contributed by atoms with Crippen molar-refractivity contribution in [2.75, 3.05) is 13.7 Å². The van der Waals surface area contributed by atoms with Crippen LogP contribution in [0.1, 0.15) is 32.8 Å². The average Bonchev–Trinajstić information content (AvgIpc) is 2.82. The number of aryl methyl sites for hydroxylation is 2. The van der Waals surface area contributed by atoms with E-state index in [9.17, 15) is 0 Å². The molecule has 0 spiro atoms. The van der Waals surface area contributed by atoms with E-state index in [-0.39, 0.29) is 12.1 Å². The SMILES string of the molecule is CNC(Cc1nc(C)c(C)s1)C1OCCc2ccccc21. The molecule has 1 aromatic heterocycles. The highest BCUT2D eigenvalue weighted by atomic mass is 32.1. The molecule has 1 aliphatic rings. The fourth-order valence-corrected chi connectivity index (χ4v) is 3.93. The molecule has 0 amide bonds. The van der Waals surface area contributed by atoms with Gasteiger partial charge in [0.15, 0.2) is 0 Å². The van der Waals surface area contributed by atoms with E-state index in [1.807, 2.05) is 7.05 Å². The van der Waals surface area contributed by atoms with Crippen molar-refractivity contribution in [2.24, 2.45) is 0 Å². The van der Waals surface area contributed by atoms with Gasteiger partial charge >= 0.3 is 0 Å². The molecule has 1 N–H and O–H groups in total. The molecule has 0 saturated carbocycles. The van der Waals surface area contributed by atoms with Crippen molar-refractivity contribution in [2.45, 2.75) is 38.8 Å². The summed E-state index contributed by atoms with van der Waals surface area (Å²) in [5, 5.41) is 4.62. The van der Waals surface area contributed by atoms with E-state index in [0.717, 1.165) is 25.1 Å². The van der Waals surface area contributed by atoms with Crippen LogP contribution in [0, 0.1) is 13.8 Å². The maximum atomic E-state index is 6.08. The number of hydrogen-bond acceptors (Lipinski definition) is 4. The van der Waals surface area contributed by atoms with Gasteiger partial charge in [-0.3, -0.25) is 0 Å². The first kappa shape index (κ1) is 14.7. The summed E-state index contributed by atoms with van der Waals surface area (Å²) in [5.74, 6) is 0. The summed E-state index contributed by atoms with van der Waals surface area (Å²) >= 11 is 1.80. The zero-order chi connectivity index (χ0) is 14.8. The summed E-state index contributed by atoms with van der Waals surface area (Å²) in [6, 6.07) is 8.89. The molecule has 2 aromatic rings. The zero-order valence-corrected chi connectivity index (χ0v) is 13.7. The highest BCUT2D eigenvalue weighted by molar-refractivity contribution is 7.11. The highest BCUT2D eigenvalue weighted by Crippen LogP contribution is 2.31. The van der Waals surface area contributed by atoms with Crippen LogP contribution in [0.25, 0.3) is 0 Å². The fourth-order valence-electron chi connectivity index (χ4n) is 2.93. The van der Waals surface area contributed by atoms with Gasteiger partial charge in [0.1, 0.15) is 0 Å². The number of benzene rings is 1. The number of hydrogen-bond donors (Lipinski definition) is 1. The van der Waals surface area contributed by atoms with Gasteiger partial charge in [-0.05, 0) is 38.4 Å². The predicted molar refractivity (Wildman–Crippen MR) is 87.0 cm³/mol. The van der Waals surface area contributed by atoms with Crippen molar-refractivity contribution in [3.05, 3.63) is 51.0 Å². The maximum Gasteiger partial charge on any atom is 0.0984 e. The lowest BCUT2D eigenvalue weighted by Crippen LogP contribution is -2.38. The highest BCUT2D eigenvalue weighted by Gasteiger charge is 2.28. The summed E-state index contributed by atoms with van der Waals surface area (Å²) in [6.07, 6.45) is 2.04. The lowest BCUT2D eigenvalue weighted by molar-refractivity contribution is 0.0172. The Kier molecular flexibility index (Phi) is 4.38. The first-order valence-corrected chi connectivity index (χ1v) is 8.30. The van der Waals surface area contributed by atoms with Gasteiger partial charge in [0, 0.05) is 17.3 Å². The quantitative estimate of drug-likeness (QED) is 0.942. The van der Waals surface area contributed by atoms with Gasteiger partial charge < -0.3 is 10.1 Å². The Morgan fingerprint density at radius 2 is 2.19 bits per heavy atom. The van der Waals surface area contributed by atoms with Crippen LogP contribution in [-0.4, -0.2) is 24.7 Å². The fraction of sp³-hybridized carbons (Fsp3) is 0.471. The Morgan fingerprint density at radius 3 is 2.90 bits per heavy atom. The average molecular weight is 302 g/mol. The standard InChI is InChI=1S/C17H22N2OS/c1-11-12(2)21-16(19-11)10-15(18-3)17-14-7-5-4-6-13(14)8-9-20-17/h4-7,15,17-18H,8-10H2,1-3H3. The number of thiazole rings is 1. The lowest BCUT2D eigenvalue weighted by Gasteiger charge is -2.32. The molecule has 4 heteroatoms. The predicted octanol–water partition coefficient (Wildman–Crippen LogP) is 3.20. The van der Waals surface area contributed by atoms with Gasteiger partial charge in [0.2, 0.25) is 0 Å². The second-order valence-electron chi connectivity index (χ2n) is 5.59. The van der Waals surface area contributed by atoms with Crippen molar-refractivity contribution in [1.82, 2.24) is 10.3 Å². The Morgan fingerprint density at radius 1 is 1.38 bits per heavy atom. The molecule has 3 nitrogen and oxygen atoms in total. The van der Waals surface area contributed by atoms with Crippen LogP contribution in [0.3, 0.4) is 0 Å². The molecule has 1 aliphatic heterocycles. The van der Waals surface area contributed by atoms with Gasteiger partial charge in [-0.1, -0.05) is 24.3 Å². The summed E-state index contributed by atoms with van der Waals surface area (Å²) in [6.45, 7) is 5.02. The van der Waals surface area contributed by atoms with Gasteiger partial charge in [-0.2, -0.15) is 0 Å². The van der Waals surface area contributed by atoms with E-state index in [0.29, 0.717) is 0 Å². The molecule has 2 heterocycles. The van der Waals surface area contributed by atoms with E-state index in [4.69, 9.17) is 4.74 Å². The molecule has 3 rings (SSSR count). The van der Waals surface area contributed by atoms with Gasteiger partial charge in [-0.15, -0.1) is 11.3 Å². The van der Waals surface area contributed by atoms with Crippen LogP contribution in [0.2, 0.25) is 0 Å². The molecule has 112 valence electrons. The minimum Gasteiger partial charge on any atom is -0.372 e. The number of ether oxygens (including phenoxy) is 1. The van der Waals surface area contributed by atoms with Crippen LogP contribution in [0.4, 0.5) is 0 Å². The van der Waals surface area contributed by atoms with Crippen molar-refractivity contribution >= 4 is 11.3 Å². The molecular formula is C17H22N2OS. The number of aromatic nitrogens is 1. The minimum absolute atomic E-state index is 0.115. The normalized spacial score (nSPS) is 19.3. The second-order valence-corrected chi connectivity index (χ2v) is 6.88. The molecule has 0 bridgehead atoms. The van der Waals surface area contributed by atoms with Gasteiger partial charge in [-0.25, -0.2) is 4.98 Å². The molecule has 1 aromatic carbocycles. The smallest absolute Gasteiger partial charge is 0.0984 e. The number of nitrogens with one attached hydrogen (secondary N) is 1. The van der Waals surface area contributed by atoms with Crippen LogP contribution in [0.15, 0.2) is 24.3 Å². The minimum atomic E-state index is 0.115. The Bertz CT molecular complexity index is 604. The Hall–Kier alpha value is -1.23. The van der Waals surface area contributed by atoms with Gasteiger partial charge in [0.05, 0.1) is 23.4 Å². The van der Waals surface area contributed by atoms with Crippen molar-refractivity contribution in [3.8, 4) is 0 Å². The van der Waals surface area contributed by atoms with E-state index in [2.05, 4.69) is 48.4 Å². The van der Waals surface area contributed by atoms with E-state index < -0.39 is 0 Å². The maximum absolute atomic E-state index is 6.08. The monoisotopic (exact) mass is 302 g/mol. The Labute approximate surface area is 130 Å². The van der Waals surface area contributed by atoms with Crippen LogP contribution >= 0.6 is 11.3 Å². The lowest BCUT2D eigenvalue weighted by atomic mass is 9.92.